The fraction of sp³-hybridized carbons (Fsp3) is 0.312. The first kappa shape index (κ1) is 36.4. The first-order valence-electron chi connectivity index (χ1n) is 19.7. The molecule has 7 aromatic carbocycles. The first-order chi connectivity index (χ1) is 27.0. The summed E-state index contributed by atoms with van der Waals surface area (Å²) >= 11 is 0. The molecule has 0 aromatic heterocycles. The molecule has 0 amide bonds. The molecule has 0 heterocycles. The summed E-state index contributed by atoms with van der Waals surface area (Å²) < 4.78 is 72.7. The van der Waals surface area contributed by atoms with Gasteiger partial charge in [0, 0.05) is 5.56 Å². The van der Waals surface area contributed by atoms with E-state index in [4.69, 9.17) is 9.47 Å². The number of esters is 1. The predicted molar refractivity (Wildman–Crippen MR) is 212 cm³/mol. The van der Waals surface area contributed by atoms with E-state index in [9.17, 15) is 9.90 Å². The Hall–Kier alpha value is -5.21. The Labute approximate surface area is 322 Å². The van der Waals surface area contributed by atoms with Gasteiger partial charge in [-0.15, -0.1) is 0 Å². The van der Waals surface area contributed by atoms with Gasteiger partial charge in [-0.3, -0.25) is 0 Å². The maximum atomic E-state index is 15.4. The number of benzene rings is 7. The summed E-state index contributed by atoms with van der Waals surface area (Å²) in [6, 6.07) is 23.2. The van der Waals surface area contributed by atoms with Gasteiger partial charge in [-0.1, -0.05) is 94.1 Å². The van der Waals surface area contributed by atoms with Gasteiger partial charge in [0.1, 0.15) is 0 Å². The molecule has 2 aliphatic rings. The summed E-state index contributed by atoms with van der Waals surface area (Å²) in [5.74, 6) is -4.41. The Bertz CT molecular complexity index is 2570. The van der Waals surface area contributed by atoms with Crippen LogP contribution in [0.25, 0.3) is 43.1 Å². The molecule has 1 N–H and O–H groups in total. The lowest BCUT2D eigenvalue weighted by Gasteiger charge is -2.27. The van der Waals surface area contributed by atoms with Crippen LogP contribution in [0.5, 0.6) is 11.5 Å². The average molecular weight is 759 g/mol. The monoisotopic (exact) mass is 758 g/mol. The summed E-state index contributed by atoms with van der Waals surface area (Å²) in [6.07, 6.45) is 5.83. The van der Waals surface area contributed by atoms with E-state index in [1.165, 1.54) is 24.3 Å². The molecular formula is C48H42F4O4. The molecule has 56 heavy (non-hydrogen) atoms. The summed E-state index contributed by atoms with van der Waals surface area (Å²) in [5, 5.41) is 17.3. The number of aliphatic hydroxyl groups is 1. The van der Waals surface area contributed by atoms with Gasteiger partial charge >= 0.3 is 5.97 Å². The van der Waals surface area contributed by atoms with Gasteiger partial charge in [-0.25, -0.2) is 22.4 Å². The first-order valence-corrected chi connectivity index (χ1v) is 19.7. The quantitative estimate of drug-likeness (QED) is 0.0439. The summed E-state index contributed by atoms with van der Waals surface area (Å²) in [5.41, 5.74) is 1.68. The molecule has 1 unspecified atom stereocenters. The maximum absolute atomic E-state index is 15.4. The van der Waals surface area contributed by atoms with E-state index in [1.54, 1.807) is 30.3 Å². The highest BCUT2D eigenvalue weighted by molar-refractivity contribution is 6.34. The van der Waals surface area contributed by atoms with Crippen molar-refractivity contribution in [3.63, 3.8) is 0 Å². The van der Waals surface area contributed by atoms with Crippen molar-refractivity contribution in [1.29, 1.82) is 0 Å². The largest absolute Gasteiger partial charge is 0.455 e. The lowest BCUT2D eigenvalue weighted by atomic mass is 9.79. The molecule has 8 heteroatoms. The van der Waals surface area contributed by atoms with Crippen molar-refractivity contribution in [1.82, 2.24) is 0 Å². The molecule has 1 atom stereocenters. The number of carbonyl (C=O) groups is 1. The Balaban J connectivity index is 1.05. The van der Waals surface area contributed by atoms with Crippen LogP contribution in [-0.2, 0) is 0 Å². The number of hydrogen-bond donors (Lipinski definition) is 1. The van der Waals surface area contributed by atoms with Crippen molar-refractivity contribution in [3.05, 3.63) is 130 Å². The lowest BCUT2D eigenvalue weighted by molar-refractivity contribution is -0.0237. The van der Waals surface area contributed by atoms with E-state index in [-0.39, 0.29) is 17.4 Å². The summed E-state index contributed by atoms with van der Waals surface area (Å²) in [4.78, 5) is 13.7. The fourth-order valence-corrected chi connectivity index (χ4v) is 9.48. The molecule has 0 saturated heterocycles. The topological polar surface area (TPSA) is 55.8 Å². The third-order valence-electron chi connectivity index (χ3n) is 12.6. The van der Waals surface area contributed by atoms with Crippen LogP contribution in [0.3, 0.4) is 0 Å². The van der Waals surface area contributed by atoms with Crippen LogP contribution in [0.2, 0.25) is 0 Å². The third kappa shape index (κ3) is 6.32. The fourth-order valence-electron chi connectivity index (χ4n) is 9.48. The molecule has 4 nitrogen and oxygen atoms in total. The van der Waals surface area contributed by atoms with E-state index >= 15 is 17.6 Å². The zero-order valence-corrected chi connectivity index (χ0v) is 31.3. The van der Waals surface area contributed by atoms with Crippen molar-refractivity contribution in [3.8, 4) is 11.5 Å². The summed E-state index contributed by atoms with van der Waals surface area (Å²) in [7, 11) is 0. The number of halogens is 4. The molecule has 0 radical (unpaired) electrons. The van der Waals surface area contributed by atoms with Gasteiger partial charge in [0.15, 0.2) is 29.0 Å². The molecule has 286 valence electrons. The second kappa shape index (κ2) is 14.4. The van der Waals surface area contributed by atoms with Gasteiger partial charge < -0.3 is 14.6 Å². The van der Waals surface area contributed by atoms with Gasteiger partial charge in [0.05, 0.1) is 5.56 Å². The second-order valence-corrected chi connectivity index (χ2v) is 16.2. The van der Waals surface area contributed by atoms with E-state index in [0.29, 0.717) is 39.3 Å². The van der Waals surface area contributed by atoms with Crippen LogP contribution >= 0.6 is 0 Å². The van der Waals surface area contributed by atoms with Gasteiger partial charge in [0.25, 0.3) is 0 Å². The zero-order valence-electron chi connectivity index (χ0n) is 31.3. The SMILES string of the molecule is CC1CCC(c2cc(F)c(OC(=O)c3ccc4c5cccc6c(C(O)Oc7c(F)cc(C8CCC(C)CC8)cc7F)ccc(c7cccc3c47)c65)c(F)c2)CC1. The van der Waals surface area contributed by atoms with Crippen LogP contribution in [0.15, 0.2) is 84.9 Å². The molecule has 0 aliphatic heterocycles. The van der Waals surface area contributed by atoms with Gasteiger partial charge in [0.2, 0.25) is 12.0 Å². The Morgan fingerprint density at radius 2 is 1.00 bits per heavy atom. The molecule has 2 aliphatic carbocycles. The zero-order chi connectivity index (χ0) is 38.8. The van der Waals surface area contributed by atoms with Crippen LogP contribution in [0.4, 0.5) is 17.6 Å². The normalized spacial score (nSPS) is 20.9. The van der Waals surface area contributed by atoms with Gasteiger partial charge in [-0.2, -0.15) is 0 Å². The van der Waals surface area contributed by atoms with Crippen LogP contribution in [0, 0.1) is 35.1 Å². The molecule has 2 fully saturated rings. The minimum Gasteiger partial charge on any atom is -0.455 e. The predicted octanol–water partition coefficient (Wildman–Crippen LogP) is 13.2. The third-order valence-corrected chi connectivity index (χ3v) is 12.6. The lowest BCUT2D eigenvalue weighted by Crippen LogP contribution is -2.14. The average Bonchev–Trinajstić information content (AvgIpc) is 3.19. The number of carbonyl (C=O) groups excluding carboxylic acids is 1. The molecular weight excluding hydrogens is 717 g/mol. The number of fused-ring (bicyclic) bond motifs is 2. The molecule has 0 bridgehead atoms. The van der Waals surface area contributed by atoms with Crippen molar-refractivity contribution < 1.29 is 36.9 Å². The number of rotatable bonds is 7. The number of aliphatic hydroxyl groups excluding tert-OH is 1. The Kier molecular flexibility index (Phi) is 9.35. The standard InChI is InChI=1S/C48H42F4O4/c1-25-9-13-27(14-10-25)29-21-39(49)45(40(50)22-29)55-47(53)37-19-17-35-32-6-4-8-34-38(20-18-36(44(32)34)31-5-3-7-33(37)43(31)35)48(54)56-46-41(51)23-30(24-42(46)52)28-15-11-26(2)12-16-28/h3-8,17-28,47,53H,9-16H2,1-2H3. The highest BCUT2D eigenvalue weighted by Crippen LogP contribution is 2.44. The molecule has 0 spiro atoms. The van der Waals surface area contributed by atoms with Crippen LogP contribution in [0.1, 0.15) is 110 Å². The minimum atomic E-state index is -1.68. The van der Waals surface area contributed by atoms with Gasteiger partial charge in [-0.05, 0) is 134 Å². The second-order valence-electron chi connectivity index (χ2n) is 16.2. The smallest absolute Gasteiger partial charge is 0.344 e. The van der Waals surface area contributed by atoms with E-state index < -0.39 is 47.0 Å². The van der Waals surface area contributed by atoms with Crippen molar-refractivity contribution in [2.24, 2.45) is 11.8 Å². The van der Waals surface area contributed by atoms with E-state index in [2.05, 4.69) is 13.8 Å². The van der Waals surface area contributed by atoms with E-state index in [1.807, 2.05) is 30.3 Å². The van der Waals surface area contributed by atoms with Crippen molar-refractivity contribution in [2.75, 3.05) is 0 Å². The number of hydrogen-bond acceptors (Lipinski definition) is 4. The van der Waals surface area contributed by atoms with E-state index in [0.717, 1.165) is 83.7 Å². The summed E-state index contributed by atoms with van der Waals surface area (Å²) in [6.45, 7) is 4.38. The van der Waals surface area contributed by atoms with Crippen LogP contribution < -0.4 is 9.47 Å². The highest BCUT2D eigenvalue weighted by Gasteiger charge is 2.28. The molecule has 7 aromatic rings. The minimum absolute atomic E-state index is 0.0675. The molecule has 2 saturated carbocycles. The maximum Gasteiger partial charge on any atom is 0.344 e. The van der Waals surface area contributed by atoms with Crippen molar-refractivity contribution >= 4 is 49.1 Å². The Morgan fingerprint density at radius 3 is 1.54 bits per heavy atom. The van der Waals surface area contributed by atoms with Crippen molar-refractivity contribution in [2.45, 2.75) is 83.3 Å². The highest BCUT2D eigenvalue weighted by atomic mass is 19.1. The number of ether oxygens (including phenoxy) is 2. The van der Waals surface area contributed by atoms with Crippen LogP contribution in [-0.4, -0.2) is 11.1 Å². The Morgan fingerprint density at radius 1 is 0.571 bits per heavy atom. The molecule has 9 rings (SSSR count).